The van der Waals surface area contributed by atoms with Crippen LogP contribution in [0.5, 0.6) is 0 Å². The minimum absolute atomic E-state index is 0.232. The third-order valence-corrected chi connectivity index (χ3v) is 11.5. The first-order valence-electron chi connectivity index (χ1n) is 15.4. The smallest absolute Gasteiger partial charge is 0.192 e. The lowest BCUT2D eigenvalue weighted by atomic mass is 10.1. The van der Waals surface area contributed by atoms with E-state index < -0.39 is 8.32 Å². The molecule has 0 aromatic rings. The number of hydrogen-bond donors (Lipinski definition) is 0. The molecule has 0 fully saturated rings. The molecule has 0 heterocycles. The molecule has 0 aromatic carbocycles. The van der Waals surface area contributed by atoms with Gasteiger partial charge < -0.3 is 32.8 Å². The highest BCUT2D eigenvalue weighted by molar-refractivity contribution is 6.74. The van der Waals surface area contributed by atoms with E-state index in [-0.39, 0.29) is 5.04 Å². The maximum Gasteiger partial charge on any atom is 0.192 e. The second kappa shape index (κ2) is 27.1. The largest absolute Gasteiger partial charge is 0.414 e. The summed E-state index contributed by atoms with van der Waals surface area (Å²) < 4.78 is 39.4. The van der Waals surface area contributed by atoms with Gasteiger partial charge in [-0.25, -0.2) is 0 Å². The van der Waals surface area contributed by atoms with Crippen molar-refractivity contribution in [3.8, 4) is 0 Å². The summed E-state index contributed by atoms with van der Waals surface area (Å²) in [4.78, 5) is 0. The molecule has 0 atom stereocenters. The van der Waals surface area contributed by atoms with Crippen molar-refractivity contribution in [2.45, 2.75) is 110 Å². The summed E-state index contributed by atoms with van der Waals surface area (Å²) in [5, 5.41) is 0.232. The molecule has 0 rings (SSSR count). The van der Waals surface area contributed by atoms with Gasteiger partial charge in [-0.15, -0.1) is 0 Å². The Morgan fingerprint density at radius 2 is 0.684 bits per heavy atom. The molecule has 38 heavy (non-hydrogen) atoms. The van der Waals surface area contributed by atoms with E-state index in [2.05, 4.69) is 40.8 Å². The van der Waals surface area contributed by atoms with Gasteiger partial charge in [0.1, 0.15) is 0 Å². The molecule has 0 bridgehead atoms. The average Bonchev–Trinajstić information content (AvgIpc) is 2.87. The third-order valence-electron chi connectivity index (χ3n) is 7.00. The number of hydrogen-bond acceptors (Lipinski definition) is 7. The number of rotatable bonds is 30. The summed E-state index contributed by atoms with van der Waals surface area (Å²) in [6.45, 7) is 21.5. The van der Waals surface area contributed by atoms with Crippen LogP contribution in [-0.2, 0) is 32.8 Å². The summed E-state index contributed by atoms with van der Waals surface area (Å²) in [6, 6.07) is 0. The van der Waals surface area contributed by atoms with E-state index in [1.165, 1.54) is 57.8 Å². The van der Waals surface area contributed by atoms with Crippen molar-refractivity contribution >= 4 is 8.32 Å². The van der Waals surface area contributed by atoms with Crippen molar-refractivity contribution in [2.24, 2.45) is 0 Å². The average molecular weight is 565 g/mol. The van der Waals surface area contributed by atoms with Crippen LogP contribution in [0, 0.1) is 0 Å². The minimum atomic E-state index is -1.68. The fourth-order valence-corrected chi connectivity index (χ4v) is 4.49. The molecule has 0 aliphatic rings. The summed E-state index contributed by atoms with van der Waals surface area (Å²) in [5.41, 5.74) is 0. The van der Waals surface area contributed by atoms with Gasteiger partial charge in [-0.1, -0.05) is 85.5 Å². The molecule has 7 nitrogen and oxygen atoms in total. The predicted octanol–water partition coefficient (Wildman–Crippen LogP) is 7.03. The molecule has 8 heteroatoms. The van der Waals surface area contributed by atoms with Gasteiger partial charge in [-0.3, -0.25) is 0 Å². The van der Waals surface area contributed by atoms with Gasteiger partial charge in [0.05, 0.1) is 79.3 Å². The lowest BCUT2D eigenvalue weighted by Gasteiger charge is -2.36. The van der Waals surface area contributed by atoms with E-state index in [0.29, 0.717) is 79.3 Å². The minimum Gasteiger partial charge on any atom is -0.414 e. The molecule has 0 N–H and O–H groups in total. The van der Waals surface area contributed by atoms with E-state index in [4.69, 9.17) is 32.8 Å². The molecule has 0 aliphatic heterocycles. The van der Waals surface area contributed by atoms with E-state index in [1.54, 1.807) is 0 Å². The quantitative estimate of drug-likeness (QED) is 0.0685. The van der Waals surface area contributed by atoms with Gasteiger partial charge in [0, 0.05) is 6.61 Å². The van der Waals surface area contributed by atoms with Gasteiger partial charge >= 0.3 is 0 Å². The van der Waals surface area contributed by atoms with Crippen molar-refractivity contribution in [1.82, 2.24) is 0 Å². The van der Waals surface area contributed by atoms with E-state index in [1.807, 2.05) is 0 Å². The molecule has 230 valence electrons. The zero-order valence-electron chi connectivity index (χ0n) is 26.1. The summed E-state index contributed by atoms with van der Waals surface area (Å²) in [5.74, 6) is 0. The van der Waals surface area contributed by atoms with Crippen molar-refractivity contribution < 1.29 is 32.8 Å². The summed E-state index contributed by atoms with van der Waals surface area (Å²) in [7, 11) is -1.68. The van der Waals surface area contributed by atoms with Gasteiger partial charge in [0.15, 0.2) is 8.32 Å². The standard InChI is InChI=1S/C30H64O7Si/c1-7-8-9-10-11-12-13-14-15-16-17-31-18-19-32-20-21-33-22-23-34-24-25-35-26-27-36-28-29-37-38(5,6)30(2,3)4/h7-29H2,1-6H3. The molecule has 0 radical (unpaired) electrons. The molecule has 0 amide bonds. The van der Waals surface area contributed by atoms with Crippen LogP contribution in [0.2, 0.25) is 18.1 Å². The Labute approximate surface area is 237 Å². The SMILES string of the molecule is CCCCCCCCCCCCOCCOCCOCCOCCOCCOCCO[Si](C)(C)C(C)(C)C. The zero-order valence-corrected chi connectivity index (χ0v) is 27.1. The normalized spacial score (nSPS) is 12.5. The van der Waals surface area contributed by atoms with Gasteiger partial charge in [-0.2, -0.15) is 0 Å². The number of ether oxygens (including phenoxy) is 6. The maximum atomic E-state index is 6.08. The van der Waals surface area contributed by atoms with Crippen molar-refractivity contribution in [3.63, 3.8) is 0 Å². The Morgan fingerprint density at radius 1 is 0.395 bits per heavy atom. The molecule has 0 spiro atoms. The molecule has 0 saturated carbocycles. The van der Waals surface area contributed by atoms with Gasteiger partial charge in [-0.05, 0) is 24.6 Å². The molecule has 0 unspecified atom stereocenters. The van der Waals surface area contributed by atoms with Crippen LogP contribution in [0.25, 0.3) is 0 Å². The van der Waals surface area contributed by atoms with Crippen molar-refractivity contribution in [1.29, 1.82) is 0 Å². The van der Waals surface area contributed by atoms with Crippen molar-refractivity contribution in [2.75, 3.05) is 85.9 Å². The lowest BCUT2D eigenvalue weighted by Crippen LogP contribution is -2.41. The van der Waals surface area contributed by atoms with Crippen LogP contribution in [-0.4, -0.2) is 94.2 Å². The fourth-order valence-electron chi connectivity index (χ4n) is 3.47. The summed E-state index contributed by atoms with van der Waals surface area (Å²) >= 11 is 0. The van der Waals surface area contributed by atoms with Crippen molar-refractivity contribution in [3.05, 3.63) is 0 Å². The highest BCUT2D eigenvalue weighted by Crippen LogP contribution is 2.36. The van der Waals surface area contributed by atoms with E-state index >= 15 is 0 Å². The molecular weight excluding hydrogens is 500 g/mol. The first-order chi connectivity index (χ1) is 18.3. The maximum absolute atomic E-state index is 6.08. The lowest BCUT2D eigenvalue weighted by molar-refractivity contribution is -0.0180. The van der Waals surface area contributed by atoms with Gasteiger partial charge in [0.2, 0.25) is 0 Å². The Hall–Kier alpha value is -0.0631. The highest BCUT2D eigenvalue weighted by Gasteiger charge is 2.36. The van der Waals surface area contributed by atoms with Crippen LogP contribution in [0.15, 0.2) is 0 Å². The topological polar surface area (TPSA) is 64.6 Å². The second-order valence-electron chi connectivity index (χ2n) is 11.5. The second-order valence-corrected chi connectivity index (χ2v) is 16.3. The monoisotopic (exact) mass is 564 g/mol. The van der Waals surface area contributed by atoms with Gasteiger partial charge in [0.25, 0.3) is 0 Å². The first-order valence-corrected chi connectivity index (χ1v) is 18.3. The Kier molecular flexibility index (Phi) is 27.1. The Balaban J connectivity index is 3.13. The fraction of sp³-hybridized carbons (Fsp3) is 1.00. The molecule has 0 saturated heterocycles. The molecular formula is C30H64O7Si. The van der Waals surface area contributed by atoms with Crippen LogP contribution in [0.3, 0.4) is 0 Å². The van der Waals surface area contributed by atoms with E-state index in [0.717, 1.165) is 13.0 Å². The predicted molar refractivity (Wildman–Crippen MR) is 160 cm³/mol. The molecule has 0 aliphatic carbocycles. The Morgan fingerprint density at radius 3 is 1.03 bits per heavy atom. The summed E-state index contributed by atoms with van der Waals surface area (Å²) in [6.07, 6.45) is 13.5. The highest BCUT2D eigenvalue weighted by atomic mass is 28.4. The van der Waals surface area contributed by atoms with E-state index in [9.17, 15) is 0 Å². The van der Waals surface area contributed by atoms with Crippen LogP contribution in [0.4, 0.5) is 0 Å². The van der Waals surface area contributed by atoms with Crippen LogP contribution < -0.4 is 0 Å². The first kappa shape index (κ1) is 37.9. The Bertz CT molecular complexity index is 472. The van der Waals surface area contributed by atoms with Crippen LogP contribution >= 0.6 is 0 Å². The molecule has 0 aromatic heterocycles. The zero-order chi connectivity index (χ0) is 28.2. The number of unbranched alkanes of at least 4 members (excludes halogenated alkanes) is 9. The van der Waals surface area contributed by atoms with Crippen LogP contribution in [0.1, 0.15) is 91.9 Å². The third kappa shape index (κ3) is 26.2.